The standard InChI is InChI=1S/C30H42O5.C17H27O.Ni.H3O3P/c1-27(2,3)19-15-18(16-20(23(19)31)28(4,5)6)26(34)35-24-21(29(7,8)9)13-17(25(32)33)14-22(24)30(10,11)12;1-9-12-11(2)10-13(16(3,4)5)15(18)14(12)17(6,7)8;;1-4(2)3/h13-16,31H,1-12H3,(H,32,33);10,18H,2,9H2,1,3-8H3;;4H,(H2,1,2,3)/q;-1;;. The van der Waals surface area contributed by atoms with E-state index in [1.165, 1.54) is 5.56 Å². The van der Waals surface area contributed by atoms with E-state index < -0.39 is 41.9 Å². The summed E-state index contributed by atoms with van der Waals surface area (Å²) in [4.78, 5) is 39.8. The zero-order valence-corrected chi connectivity index (χ0v) is 40.5. The second-order valence-electron chi connectivity index (χ2n) is 20.9. The Kier molecular flexibility index (Phi) is 18.3. The summed E-state index contributed by atoms with van der Waals surface area (Å²) < 4.78 is 14.9. The molecule has 330 valence electrons. The molecule has 0 radical (unpaired) electrons. The first-order valence-electron chi connectivity index (χ1n) is 19.4. The third-order valence-corrected chi connectivity index (χ3v) is 9.52. The quantitative estimate of drug-likeness (QED) is 0.0565. The van der Waals surface area contributed by atoms with Gasteiger partial charge in [0, 0.05) is 38.7 Å². The Labute approximate surface area is 359 Å². The Morgan fingerprint density at radius 2 is 0.897 bits per heavy atom. The number of rotatable bonds is 4. The second kappa shape index (κ2) is 19.4. The van der Waals surface area contributed by atoms with Crippen LogP contribution in [0.5, 0.6) is 17.2 Å². The number of aromatic hydroxyl groups is 2. The third kappa shape index (κ3) is 14.5. The van der Waals surface area contributed by atoms with Gasteiger partial charge in [-0.2, -0.15) is 18.6 Å². The van der Waals surface area contributed by atoms with Crippen LogP contribution in [-0.2, 0) is 60.0 Å². The SMILES string of the molecule is CC(C)(C)c1cc(C(=O)Oc2c(C(C)(C)C)cc(C(=O)O)cc2C(C)(C)C)cc(C(C)(C)C)c1O.O=[PH](O)O.[CH2-]c1cc(C(C)(C)C)c(O)c(C(C)(C)C)c1CC.[Ni]. The number of ether oxygens (including phenoxy) is 1. The van der Waals surface area contributed by atoms with E-state index in [0.717, 1.165) is 23.1 Å². The molecular formula is C47H72NiO9P-. The predicted octanol–water partition coefficient (Wildman–Crippen LogP) is 11.6. The smallest absolute Gasteiger partial charge is 0.343 e. The van der Waals surface area contributed by atoms with Crippen molar-refractivity contribution in [1.29, 1.82) is 0 Å². The molecular weight excluding hydrogens is 798 g/mol. The first-order chi connectivity index (χ1) is 25.3. The number of aromatic carboxylic acids is 1. The molecule has 11 heteroatoms. The molecule has 0 fully saturated rings. The maximum atomic E-state index is 13.6. The summed E-state index contributed by atoms with van der Waals surface area (Å²) in [7, 11) is -3.13. The fourth-order valence-electron chi connectivity index (χ4n) is 6.58. The van der Waals surface area contributed by atoms with Gasteiger partial charge >= 0.3 is 20.2 Å². The number of carboxylic acids is 1. The van der Waals surface area contributed by atoms with Crippen LogP contribution in [0.2, 0.25) is 0 Å². The number of hydrogen-bond acceptors (Lipinski definition) is 6. The molecule has 0 aliphatic carbocycles. The van der Waals surface area contributed by atoms with E-state index in [-0.39, 0.29) is 38.6 Å². The molecule has 0 amide bonds. The minimum absolute atomic E-state index is 0. The summed E-state index contributed by atoms with van der Waals surface area (Å²) in [5.41, 5.74) is 5.59. The number of esters is 1. The monoisotopic (exact) mass is 869 g/mol. The number of carbonyl (C=O) groups is 2. The number of hydrogen-bond donors (Lipinski definition) is 5. The molecule has 3 aromatic carbocycles. The van der Waals surface area contributed by atoms with E-state index in [9.17, 15) is 24.9 Å². The average molecular weight is 871 g/mol. The van der Waals surface area contributed by atoms with Crippen molar-refractivity contribution in [2.45, 2.75) is 170 Å². The van der Waals surface area contributed by atoms with Crippen molar-refractivity contribution in [3.05, 3.63) is 92.9 Å². The van der Waals surface area contributed by atoms with Crippen LogP contribution < -0.4 is 4.74 Å². The van der Waals surface area contributed by atoms with Gasteiger partial charge in [0.15, 0.2) is 0 Å². The molecule has 0 heterocycles. The molecule has 58 heavy (non-hydrogen) atoms. The van der Waals surface area contributed by atoms with E-state index in [1.807, 2.05) is 89.2 Å². The molecule has 0 saturated carbocycles. The van der Waals surface area contributed by atoms with Crippen LogP contribution in [0.15, 0.2) is 30.3 Å². The van der Waals surface area contributed by atoms with Gasteiger partial charge in [0.25, 0.3) is 0 Å². The van der Waals surface area contributed by atoms with Gasteiger partial charge in [-0.25, -0.2) is 9.59 Å². The molecule has 9 nitrogen and oxygen atoms in total. The maximum absolute atomic E-state index is 13.6. The van der Waals surface area contributed by atoms with Crippen molar-refractivity contribution in [2.75, 3.05) is 0 Å². The van der Waals surface area contributed by atoms with Gasteiger partial charge < -0.3 is 29.8 Å². The van der Waals surface area contributed by atoms with E-state index in [2.05, 4.69) is 55.4 Å². The van der Waals surface area contributed by atoms with Gasteiger partial charge in [-0.05, 0) is 56.8 Å². The predicted molar refractivity (Wildman–Crippen MR) is 234 cm³/mol. The van der Waals surface area contributed by atoms with Gasteiger partial charge in [0.1, 0.15) is 11.5 Å². The van der Waals surface area contributed by atoms with Crippen molar-refractivity contribution in [1.82, 2.24) is 0 Å². The number of benzene rings is 3. The van der Waals surface area contributed by atoms with Crippen LogP contribution in [-0.4, -0.2) is 37.0 Å². The molecule has 0 aliphatic heterocycles. The van der Waals surface area contributed by atoms with E-state index in [4.69, 9.17) is 19.1 Å². The van der Waals surface area contributed by atoms with Gasteiger partial charge in [0.05, 0.1) is 16.9 Å². The fourth-order valence-corrected chi connectivity index (χ4v) is 6.58. The molecule has 3 aromatic rings. The molecule has 5 N–H and O–H groups in total. The molecule has 0 bridgehead atoms. The zero-order chi connectivity index (χ0) is 45.2. The maximum Gasteiger partial charge on any atom is 0.343 e. The zero-order valence-electron chi connectivity index (χ0n) is 38.5. The number of carboxylic acid groups (broad SMARTS) is 1. The van der Waals surface area contributed by atoms with Crippen molar-refractivity contribution < 1.29 is 60.5 Å². The fraction of sp³-hybridized carbons (Fsp3) is 0.553. The Bertz CT molecular complexity index is 1880. The van der Waals surface area contributed by atoms with Gasteiger partial charge in [-0.3, -0.25) is 4.57 Å². The van der Waals surface area contributed by atoms with Crippen LogP contribution in [0.4, 0.5) is 0 Å². The van der Waals surface area contributed by atoms with Crippen molar-refractivity contribution in [3.63, 3.8) is 0 Å². The van der Waals surface area contributed by atoms with E-state index in [0.29, 0.717) is 39.3 Å². The third-order valence-electron chi connectivity index (χ3n) is 9.52. The normalized spacial score (nSPS) is 12.4. The van der Waals surface area contributed by atoms with Crippen LogP contribution in [0.3, 0.4) is 0 Å². The van der Waals surface area contributed by atoms with Crippen molar-refractivity contribution >= 4 is 20.2 Å². The van der Waals surface area contributed by atoms with Gasteiger partial charge in [-0.15, -0.1) is 5.56 Å². The number of phenols is 2. The molecule has 0 atom stereocenters. The molecule has 0 aliphatic rings. The first-order valence-corrected chi connectivity index (χ1v) is 20.7. The van der Waals surface area contributed by atoms with E-state index >= 15 is 0 Å². The topological polar surface area (TPSA) is 162 Å². The number of carbonyl (C=O) groups excluding carboxylic acids is 1. The minimum atomic E-state index is -3.13. The minimum Gasteiger partial charge on any atom is -0.510 e. The second-order valence-corrected chi connectivity index (χ2v) is 21.5. The van der Waals surface area contributed by atoms with Crippen LogP contribution in [0, 0.1) is 6.92 Å². The van der Waals surface area contributed by atoms with Crippen molar-refractivity contribution in [2.24, 2.45) is 0 Å². The molecule has 0 unspecified atom stereocenters. The first kappa shape index (κ1) is 54.7. The van der Waals surface area contributed by atoms with E-state index in [1.54, 1.807) is 24.3 Å². The summed E-state index contributed by atoms with van der Waals surface area (Å²) in [6.45, 7) is 42.8. The largest absolute Gasteiger partial charge is 0.510 e. The Morgan fingerprint density at radius 1 is 0.586 bits per heavy atom. The van der Waals surface area contributed by atoms with Gasteiger partial charge in [0.2, 0.25) is 0 Å². The Balaban J connectivity index is 0.00000118. The average Bonchev–Trinajstić information content (AvgIpc) is 2.98. The van der Waals surface area contributed by atoms with Crippen molar-refractivity contribution in [3.8, 4) is 17.2 Å². The summed E-state index contributed by atoms with van der Waals surface area (Å²) in [5, 5.41) is 31.4. The molecule has 0 saturated heterocycles. The summed E-state index contributed by atoms with van der Waals surface area (Å²) in [6, 6.07) is 8.64. The van der Waals surface area contributed by atoms with Crippen LogP contribution >= 0.6 is 8.25 Å². The number of phenolic OH excluding ortho intramolecular Hbond substituents is 2. The Hall–Kier alpha value is -3.29. The molecule has 3 rings (SSSR count). The Morgan fingerprint density at radius 3 is 1.17 bits per heavy atom. The van der Waals surface area contributed by atoms with Crippen LogP contribution in [0.25, 0.3) is 0 Å². The molecule has 0 spiro atoms. The summed E-state index contributed by atoms with van der Waals surface area (Å²) in [5.74, 6) is -0.526. The summed E-state index contributed by atoms with van der Waals surface area (Å²) in [6.07, 6.45) is 0.906. The summed E-state index contributed by atoms with van der Waals surface area (Å²) >= 11 is 0. The van der Waals surface area contributed by atoms with Crippen LogP contribution in [0.1, 0.15) is 197 Å². The molecule has 0 aromatic heterocycles. The van der Waals surface area contributed by atoms with Gasteiger partial charge in [-0.1, -0.05) is 149 Å².